The van der Waals surface area contributed by atoms with Gasteiger partial charge in [0.25, 0.3) is 0 Å². The molecule has 0 aliphatic heterocycles. The summed E-state index contributed by atoms with van der Waals surface area (Å²) < 4.78 is 0. The minimum atomic E-state index is -0.110. The molecule has 0 amide bonds. The lowest BCUT2D eigenvalue weighted by atomic mass is 10.2. The van der Waals surface area contributed by atoms with Crippen molar-refractivity contribution in [3.05, 3.63) is 72.4 Å². The molecule has 93 valence electrons. The number of rotatable bonds is 1. The predicted molar refractivity (Wildman–Crippen MR) is 74.2 cm³/mol. The Hall–Kier alpha value is -2.10. The highest BCUT2D eigenvalue weighted by Crippen LogP contribution is 2.09. The van der Waals surface area contributed by atoms with Crippen LogP contribution in [0.2, 0.25) is 0 Å². The summed E-state index contributed by atoms with van der Waals surface area (Å²) in [6.07, 6.45) is 1.95. The molecule has 0 aliphatic carbocycles. The Morgan fingerprint density at radius 3 is 2.11 bits per heavy atom. The standard InChI is InChI=1S/C8H7N.C7H7O.H3N/c1-2-4-8-7(3-1)5-6-9-8;8-6-7-4-2-1-3-5-7;/h1-6,9H;1-5H,6H2;1H3. The van der Waals surface area contributed by atoms with Crippen LogP contribution in [0.3, 0.4) is 0 Å². The van der Waals surface area contributed by atoms with Crippen molar-refractivity contribution in [1.82, 2.24) is 11.1 Å². The summed E-state index contributed by atoms with van der Waals surface area (Å²) in [5.74, 6) is 0. The first-order valence-electron chi connectivity index (χ1n) is 5.54. The van der Waals surface area contributed by atoms with E-state index in [1.807, 2.05) is 48.7 Å². The lowest BCUT2D eigenvalue weighted by Crippen LogP contribution is -1.75. The zero-order chi connectivity index (χ0) is 11.9. The Kier molecular flexibility index (Phi) is 5.64. The van der Waals surface area contributed by atoms with Gasteiger partial charge in [-0.3, -0.25) is 0 Å². The number of benzene rings is 2. The van der Waals surface area contributed by atoms with Crippen molar-refractivity contribution in [1.29, 1.82) is 0 Å². The van der Waals surface area contributed by atoms with Gasteiger partial charge < -0.3 is 11.1 Å². The largest absolute Gasteiger partial charge is 0.361 e. The fourth-order valence-corrected chi connectivity index (χ4v) is 1.57. The molecule has 3 aromatic rings. The van der Waals surface area contributed by atoms with E-state index in [0.717, 1.165) is 5.56 Å². The van der Waals surface area contributed by atoms with E-state index in [1.54, 1.807) is 0 Å². The summed E-state index contributed by atoms with van der Waals surface area (Å²) >= 11 is 0. The number of nitrogens with one attached hydrogen (secondary N) is 1. The van der Waals surface area contributed by atoms with Gasteiger partial charge >= 0.3 is 0 Å². The first kappa shape index (κ1) is 14.0. The summed E-state index contributed by atoms with van der Waals surface area (Å²) in [6, 6.07) is 19.6. The highest BCUT2D eigenvalue weighted by atomic mass is 16.3. The van der Waals surface area contributed by atoms with Gasteiger partial charge in [0, 0.05) is 11.7 Å². The normalized spacial score (nSPS) is 9.17. The monoisotopic (exact) mass is 241 g/mol. The lowest BCUT2D eigenvalue weighted by molar-refractivity contribution is 0.177. The van der Waals surface area contributed by atoms with Gasteiger partial charge in [-0.05, 0) is 23.1 Å². The van der Waals surface area contributed by atoms with E-state index in [1.165, 1.54) is 10.9 Å². The molecule has 3 nitrogen and oxygen atoms in total. The molecule has 18 heavy (non-hydrogen) atoms. The summed E-state index contributed by atoms with van der Waals surface area (Å²) in [7, 11) is 0. The van der Waals surface area contributed by atoms with E-state index < -0.39 is 0 Å². The van der Waals surface area contributed by atoms with Gasteiger partial charge in [0.1, 0.15) is 6.61 Å². The highest BCUT2D eigenvalue weighted by molar-refractivity contribution is 5.78. The van der Waals surface area contributed by atoms with Crippen LogP contribution in [0.15, 0.2) is 66.9 Å². The van der Waals surface area contributed by atoms with Crippen molar-refractivity contribution >= 4 is 10.9 Å². The van der Waals surface area contributed by atoms with E-state index in [2.05, 4.69) is 23.2 Å². The maximum atomic E-state index is 10.1. The van der Waals surface area contributed by atoms with Gasteiger partial charge in [-0.1, -0.05) is 48.5 Å². The van der Waals surface area contributed by atoms with Gasteiger partial charge in [0.2, 0.25) is 0 Å². The molecular formula is C15H17N2O. The molecule has 4 N–H and O–H groups in total. The predicted octanol–water partition coefficient (Wildman–Crippen LogP) is 3.95. The van der Waals surface area contributed by atoms with Crippen LogP contribution in [0.4, 0.5) is 0 Å². The Bertz CT molecular complexity index is 531. The Morgan fingerprint density at radius 2 is 1.50 bits per heavy atom. The molecule has 0 saturated heterocycles. The fourth-order valence-electron chi connectivity index (χ4n) is 1.57. The van der Waals surface area contributed by atoms with Crippen molar-refractivity contribution in [2.24, 2.45) is 0 Å². The van der Waals surface area contributed by atoms with Gasteiger partial charge in [-0.15, -0.1) is 0 Å². The summed E-state index contributed by atoms with van der Waals surface area (Å²) in [6.45, 7) is -0.110. The second-order valence-corrected chi connectivity index (χ2v) is 3.69. The molecular weight excluding hydrogens is 224 g/mol. The fraction of sp³-hybridized carbons (Fsp3) is 0.0667. The number of hydrogen-bond acceptors (Lipinski definition) is 1. The molecule has 3 heteroatoms. The van der Waals surface area contributed by atoms with Crippen LogP contribution < -0.4 is 6.15 Å². The van der Waals surface area contributed by atoms with Gasteiger partial charge in [-0.2, -0.15) is 0 Å². The van der Waals surface area contributed by atoms with Gasteiger partial charge in [0.05, 0.1) is 0 Å². The van der Waals surface area contributed by atoms with Gasteiger partial charge in [-0.25, -0.2) is 5.11 Å². The second-order valence-electron chi connectivity index (χ2n) is 3.69. The van der Waals surface area contributed by atoms with Crippen LogP contribution in [0.25, 0.3) is 10.9 Å². The third-order valence-corrected chi connectivity index (χ3v) is 2.47. The second kappa shape index (κ2) is 7.27. The smallest absolute Gasteiger partial charge is 0.107 e. The highest BCUT2D eigenvalue weighted by Gasteiger charge is 1.86. The Labute approximate surface area is 107 Å². The number of fused-ring (bicyclic) bond motifs is 1. The van der Waals surface area contributed by atoms with Crippen LogP contribution in [0.1, 0.15) is 5.56 Å². The van der Waals surface area contributed by atoms with E-state index in [4.69, 9.17) is 0 Å². The average Bonchev–Trinajstić information content (AvgIpc) is 2.89. The maximum absolute atomic E-state index is 10.1. The quantitative estimate of drug-likeness (QED) is 0.665. The van der Waals surface area contributed by atoms with Crippen molar-refractivity contribution in [3.8, 4) is 0 Å². The first-order valence-corrected chi connectivity index (χ1v) is 5.54. The van der Waals surface area contributed by atoms with E-state index in [-0.39, 0.29) is 12.8 Å². The van der Waals surface area contributed by atoms with E-state index in [0.29, 0.717) is 0 Å². The minimum Gasteiger partial charge on any atom is -0.361 e. The number of aromatic nitrogens is 1. The molecule has 1 aromatic heterocycles. The van der Waals surface area contributed by atoms with E-state index in [9.17, 15) is 5.11 Å². The van der Waals surface area contributed by atoms with Crippen molar-refractivity contribution < 1.29 is 5.11 Å². The van der Waals surface area contributed by atoms with Crippen molar-refractivity contribution in [2.45, 2.75) is 6.61 Å². The number of hydrogen-bond donors (Lipinski definition) is 2. The number of aromatic amines is 1. The zero-order valence-corrected chi connectivity index (χ0v) is 10.2. The number of para-hydroxylation sites is 1. The molecule has 0 bridgehead atoms. The molecule has 1 radical (unpaired) electrons. The molecule has 0 aliphatic rings. The van der Waals surface area contributed by atoms with Crippen LogP contribution in [-0.4, -0.2) is 4.98 Å². The summed E-state index contributed by atoms with van der Waals surface area (Å²) in [4.78, 5) is 3.12. The third kappa shape index (κ3) is 3.73. The molecule has 0 spiro atoms. The summed E-state index contributed by atoms with van der Waals surface area (Å²) in [5, 5.41) is 11.4. The molecule has 0 saturated carbocycles. The van der Waals surface area contributed by atoms with Crippen molar-refractivity contribution in [2.75, 3.05) is 0 Å². The first-order chi connectivity index (χ1) is 8.40. The topological polar surface area (TPSA) is 70.7 Å². The van der Waals surface area contributed by atoms with E-state index >= 15 is 0 Å². The maximum Gasteiger partial charge on any atom is 0.107 e. The Morgan fingerprint density at radius 1 is 0.833 bits per heavy atom. The molecule has 3 rings (SSSR count). The summed E-state index contributed by atoms with van der Waals surface area (Å²) in [5.41, 5.74) is 2.06. The van der Waals surface area contributed by atoms with Gasteiger partial charge in [0.15, 0.2) is 0 Å². The molecule has 1 heterocycles. The van der Waals surface area contributed by atoms with Crippen LogP contribution >= 0.6 is 0 Å². The van der Waals surface area contributed by atoms with Crippen molar-refractivity contribution in [3.63, 3.8) is 0 Å². The third-order valence-electron chi connectivity index (χ3n) is 2.47. The average molecular weight is 241 g/mol. The molecule has 0 unspecified atom stereocenters. The van der Waals surface area contributed by atoms with Crippen LogP contribution in [0.5, 0.6) is 0 Å². The van der Waals surface area contributed by atoms with Crippen LogP contribution in [0, 0.1) is 0 Å². The van der Waals surface area contributed by atoms with Crippen LogP contribution in [-0.2, 0) is 11.7 Å². The minimum absolute atomic E-state index is 0. The molecule has 0 atom stereocenters. The SMILES string of the molecule is N.[O]Cc1ccccc1.c1ccc2[nH]ccc2c1. The zero-order valence-electron chi connectivity index (χ0n) is 10.2. The Balaban J connectivity index is 0.000000172. The molecule has 0 fully saturated rings. The lowest BCUT2D eigenvalue weighted by Gasteiger charge is -1.87. The number of H-pyrrole nitrogens is 1. The molecule has 2 aromatic carbocycles.